The zero-order chi connectivity index (χ0) is 28.0. The Morgan fingerprint density at radius 2 is 1.83 bits per heavy atom. The number of hydrogen-bond donors (Lipinski definition) is 1. The summed E-state index contributed by atoms with van der Waals surface area (Å²) in [6.45, 7) is 4.49. The predicted octanol–water partition coefficient (Wildman–Crippen LogP) is 10.4. The molecule has 2 aromatic carbocycles. The molecule has 0 bridgehead atoms. The van der Waals surface area contributed by atoms with Crippen LogP contribution in [0.2, 0.25) is 0 Å². The highest BCUT2D eigenvalue weighted by molar-refractivity contribution is 5.91. The number of benzene rings is 2. The van der Waals surface area contributed by atoms with Crippen LogP contribution in [0.15, 0.2) is 107 Å². The molecular weight excluding hydrogens is 494 g/mol. The molecule has 1 heteroatoms. The molecule has 2 aromatic rings. The van der Waals surface area contributed by atoms with Crippen molar-refractivity contribution in [2.75, 3.05) is 0 Å². The van der Waals surface area contributed by atoms with Gasteiger partial charge in [-0.25, -0.2) is 0 Å². The lowest BCUT2D eigenvalue weighted by molar-refractivity contribution is 0.153. The van der Waals surface area contributed by atoms with Crippen LogP contribution in [0.3, 0.4) is 0 Å². The van der Waals surface area contributed by atoms with Crippen molar-refractivity contribution in [1.82, 2.24) is 0 Å². The zero-order valence-electron chi connectivity index (χ0n) is 25.0. The summed E-state index contributed by atoms with van der Waals surface area (Å²) in [5.41, 5.74) is 18.5. The number of nitrogens with two attached hydrogens (primary N) is 1. The minimum Gasteiger partial charge on any atom is -0.402 e. The average Bonchev–Trinajstić information content (AvgIpc) is 3.00. The number of hydrogen-bond acceptors (Lipinski definition) is 1. The van der Waals surface area contributed by atoms with Crippen molar-refractivity contribution >= 4 is 16.8 Å². The smallest absolute Gasteiger partial charge is 0.0116 e. The van der Waals surface area contributed by atoms with Crippen molar-refractivity contribution < 1.29 is 0 Å². The quantitative estimate of drug-likeness (QED) is 0.376. The Bertz CT molecular complexity index is 1570. The molecule has 1 fully saturated rings. The van der Waals surface area contributed by atoms with Crippen LogP contribution in [0.5, 0.6) is 0 Å². The van der Waals surface area contributed by atoms with E-state index in [4.69, 9.17) is 5.73 Å². The number of fused-ring (bicyclic) bond motifs is 3. The summed E-state index contributed by atoms with van der Waals surface area (Å²) in [5, 5.41) is 2.85. The molecule has 0 amide bonds. The molecular formula is C40H45N. The highest BCUT2D eigenvalue weighted by atomic mass is 14.6. The van der Waals surface area contributed by atoms with Crippen LogP contribution >= 0.6 is 0 Å². The zero-order valence-corrected chi connectivity index (χ0v) is 25.0. The first-order valence-corrected chi connectivity index (χ1v) is 16.1. The molecule has 1 saturated carbocycles. The van der Waals surface area contributed by atoms with E-state index in [2.05, 4.69) is 98.9 Å². The van der Waals surface area contributed by atoms with E-state index in [0.717, 1.165) is 37.3 Å². The Kier molecular flexibility index (Phi) is 7.02. The molecule has 5 aliphatic carbocycles. The highest BCUT2D eigenvalue weighted by Gasteiger charge is 2.45. The first-order valence-electron chi connectivity index (χ1n) is 16.1. The van der Waals surface area contributed by atoms with Crippen molar-refractivity contribution in [2.24, 2.45) is 23.0 Å². The van der Waals surface area contributed by atoms with Crippen LogP contribution in [0.25, 0.3) is 16.8 Å². The van der Waals surface area contributed by atoms with Gasteiger partial charge in [0, 0.05) is 17.0 Å². The summed E-state index contributed by atoms with van der Waals surface area (Å²) >= 11 is 0. The van der Waals surface area contributed by atoms with Crippen LogP contribution in [0, 0.1) is 17.3 Å². The van der Waals surface area contributed by atoms with E-state index in [1.54, 1.807) is 33.4 Å². The fraction of sp³-hybridized carbons (Fsp3) is 0.400. The van der Waals surface area contributed by atoms with E-state index in [-0.39, 0.29) is 5.41 Å². The van der Waals surface area contributed by atoms with Crippen molar-refractivity contribution in [3.63, 3.8) is 0 Å². The van der Waals surface area contributed by atoms with Crippen molar-refractivity contribution in [2.45, 2.75) is 84.0 Å². The van der Waals surface area contributed by atoms with Crippen LogP contribution in [0.4, 0.5) is 0 Å². The normalized spacial score (nSPS) is 29.7. The summed E-state index contributed by atoms with van der Waals surface area (Å²) in [4.78, 5) is 0. The van der Waals surface area contributed by atoms with Gasteiger partial charge in [0.2, 0.25) is 0 Å². The second-order valence-corrected chi connectivity index (χ2v) is 13.6. The number of allylic oxidation sites excluding steroid dienone is 13. The van der Waals surface area contributed by atoms with E-state index in [0.29, 0.717) is 11.8 Å². The maximum Gasteiger partial charge on any atom is 0.0116 e. The Morgan fingerprint density at radius 1 is 1.00 bits per heavy atom. The van der Waals surface area contributed by atoms with Gasteiger partial charge in [-0.1, -0.05) is 97.5 Å². The third kappa shape index (κ3) is 5.03. The monoisotopic (exact) mass is 539 g/mol. The topological polar surface area (TPSA) is 26.0 Å². The van der Waals surface area contributed by atoms with Gasteiger partial charge in [-0.3, -0.25) is 0 Å². The highest BCUT2D eigenvalue weighted by Crippen LogP contribution is 2.57. The summed E-state index contributed by atoms with van der Waals surface area (Å²) in [5.74, 6) is 1.72. The largest absolute Gasteiger partial charge is 0.402 e. The summed E-state index contributed by atoms with van der Waals surface area (Å²) in [6, 6.07) is 11.6. The Labute approximate surface area is 247 Å². The lowest BCUT2D eigenvalue weighted by Gasteiger charge is -2.49. The molecule has 0 saturated heterocycles. The van der Waals surface area contributed by atoms with Gasteiger partial charge in [-0.15, -0.1) is 0 Å². The second kappa shape index (κ2) is 10.8. The Morgan fingerprint density at radius 3 is 2.63 bits per heavy atom. The van der Waals surface area contributed by atoms with E-state index >= 15 is 0 Å². The molecule has 0 aliphatic heterocycles. The molecule has 7 rings (SSSR count). The molecule has 0 heterocycles. The number of rotatable bonds is 5. The molecule has 0 aromatic heterocycles. The van der Waals surface area contributed by atoms with Crippen molar-refractivity contribution in [3.8, 4) is 0 Å². The summed E-state index contributed by atoms with van der Waals surface area (Å²) in [6.07, 6.45) is 33.8. The fourth-order valence-electron chi connectivity index (χ4n) is 8.77. The van der Waals surface area contributed by atoms with Gasteiger partial charge in [0.15, 0.2) is 0 Å². The first-order chi connectivity index (χ1) is 20.0. The standard InChI is InChI=1S/C40H45N/c1-27-24-40(25-27,26-28(2)41)35-21-33(31-15-10-14-30(19-31)29-11-4-3-5-12-29)20-34(22-35)39-23-32-13-6-7-16-36(32)37-17-8-9-18-38(37)39/h3-4,6-7,9,11,13,15-16,18-19,21,23,26-27,33-34H,5,8,10,12,14,17,20,22,24-25,41H2,1-2H3/b28-26-. The van der Waals surface area contributed by atoms with Gasteiger partial charge in [0.05, 0.1) is 0 Å². The molecule has 210 valence electrons. The molecule has 41 heavy (non-hydrogen) atoms. The summed E-state index contributed by atoms with van der Waals surface area (Å²) < 4.78 is 0. The van der Waals surface area contributed by atoms with Gasteiger partial charge < -0.3 is 5.73 Å². The van der Waals surface area contributed by atoms with Gasteiger partial charge in [-0.05, 0) is 127 Å². The van der Waals surface area contributed by atoms with E-state index in [9.17, 15) is 0 Å². The SMILES string of the molecule is C/C(N)=C/C1(C2=CC(C3=CCCC(C4=CC=CCC4)=C3)CC(c3cc4ccccc4c4c3C=CCC4)C2)CC(C)C1. The van der Waals surface area contributed by atoms with Gasteiger partial charge >= 0.3 is 0 Å². The van der Waals surface area contributed by atoms with Crippen LogP contribution in [-0.2, 0) is 6.42 Å². The minimum absolute atomic E-state index is 0.125. The third-order valence-electron chi connectivity index (χ3n) is 10.5. The second-order valence-electron chi connectivity index (χ2n) is 13.6. The van der Waals surface area contributed by atoms with E-state index in [1.807, 2.05) is 0 Å². The molecule has 1 nitrogen and oxygen atoms in total. The lowest BCUT2D eigenvalue weighted by atomic mass is 9.55. The Hall–Kier alpha value is -3.32. The van der Waals surface area contributed by atoms with Crippen LogP contribution in [-0.4, -0.2) is 0 Å². The maximum absolute atomic E-state index is 6.41. The van der Waals surface area contributed by atoms with E-state index < -0.39 is 0 Å². The lowest BCUT2D eigenvalue weighted by Crippen LogP contribution is -2.38. The summed E-state index contributed by atoms with van der Waals surface area (Å²) in [7, 11) is 0. The molecule has 2 N–H and O–H groups in total. The molecule has 0 radical (unpaired) electrons. The maximum atomic E-state index is 6.41. The molecule has 2 unspecified atom stereocenters. The van der Waals surface area contributed by atoms with E-state index in [1.165, 1.54) is 54.9 Å². The van der Waals surface area contributed by atoms with Gasteiger partial charge in [0.1, 0.15) is 0 Å². The van der Waals surface area contributed by atoms with Crippen molar-refractivity contribution in [3.05, 3.63) is 124 Å². The number of aryl methyl sites for hydroxylation is 1. The molecule has 2 atom stereocenters. The van der Waals surface area contributed by atoms with Gasteiger partial charge in [-0.2, -0.15) is 0 Å². The van der Waals surface area contributed by atoms with Crippen molar-refractivity contribution in [1.29, 1.82) is 0 Å². The Balaban J connectivity index is 1.33. The first kappa shape index (κ1) is 26.6. The fourth-order valence-corrected chi connectivity index (χ4v) is 8.77. The van der Waals surface area contributed by atoms with Gasteiger partial charge in [0.25, 0.3) is 0 Å². The average molecular weight is 540 g/mol. The van der Waals surface area contributed by atoms with Crippen LogP contribution < -0.4 is 5.73 Å². The third-order valence-corrected chi connectivity index (χ3v) is 10.5. The minimum atomic E-state index is 0.125. The molecule has 0 spiro atoms. The predicted molar refractivity (Wildman–Crippen MR) is 175 cm³/mol. The molecule has 5 aliphatic rings. The van der Waals surface area contributed by atoms with Crippen LogP contribution in [0.1, 0.15) is 94.2 Å².